The Labute approximate surface area is 111 Å². The molecule has 94 valence electrons. The van der Waals surface area contributed by atoms with Crippen LogP contribution in [0.2, 0.25) is 5.02 Å². The van der Waals surface area contributed by atoms with E-state index in [2.05, 4.69) is 23.4 Å². The Balaban J connectivity index is 2.77. The maximum absolute atomic E-state index is 11.2. The molecule has 0 saturated heterocycles. The molecule has 2 heterocycles. The zero-order valence-corrected chi connectivity index (χ0v) is 11.4. The first-order valence-corrected chi connectivity index (χ1v) is 6.21. The van der Waals surface area contributed by atoms with Crippen molar-refractivity contribution in [1.82, 2.24) is 9.55 Å². The van der Waals surface area contributed by atoms with Gasteiger partial charge in [-0.1, -0.05) is 11.6 Å². The third-order valence-corrected chi connectivity index (χ3v) is 3.41. The summed E-state index contributed by atoms with van der Waals surface area (Å²) in [5, 5.41) is 0.516. The van der Waals surface area contributed by atoms with E-state index in [1.165, 1.54) is 0 Å². The molecule has 0 spiro atoms. The zero-order valence-electron chi connectivity index (χ0n) is 10.6. The van der Waals surface area contributed by atoms with Gasteiger partial charge < -0.3 is 4.57 Å². The Morgan fingerprint density at radius 2 is 1.94 bits per heavy atom. The number of hydrogen-bond donors (Lipinski definition) is 0. The molecular weight excluding hydrogens is 248 g/mol. The van der Waals surface area contributed by atoms with E-state index in [1.54, 1.807) is 12.4 Å². The molecule has 0 aliphatic carbocycles. The lowest BCUT2D eigenvalue weighted by molar-refractivity contribution is 0.112. The fourth-order valence-electron chi connectivity index (χ4n) is 2.25. The highest BCUT2D eigenvalue weighted by atomic mass is 35.5. The second kappa shape index (κ2) is 4.94. The smallest absolute Gasteiger partial charge is 0.153 e. The summed E-state index contributed by atoms with van der Waals surface area (Å²) >= 11 is 6.34. The average molecular weight is 263 g/mol. The van der Waals surface area contributed by atoms with E-state index in [4.69, 9.17) is 11.6 Å². The molecule has 0 fully saturated rings. The van der Waals surface area contributed by atoms with E-state index in [9.17, 15) is 4.79 Å². The van der Waals surface area contributed by atoms with Gasteiger partial charge in [-0.2, -0.15) is 0 Å². The molecule has 0 amide bonds. The summed E-state index contributed by atoms with van der Waals surface area (Å²) in [6.45, 7) is 6.06. The average Bonchev–Trinajstić information content (AvgIpc) is 2.61. The Bertz CT molecular complexity index is 573. The first kappa shape index (κ1) is 12.8. The Morgan fingerprint density at radius 1 is 1.33 bits per heavy atom. The van der Waals surface area contributed by atoms with Gasteiger partial charge in [0.1, 0.15) is 0 Å². The van der Waals surface area contributed by atoms with Crippen molar-refractivity contribution in [1.29, 1.82) is 0 Å². The molecule has 0 aromatic carbocycles. The van der Waals surface area contributed by atoms with Crippen LogP contribution in [0.15, 0.2) is 24.5 Å². The lowest BCUT2D eigenvalue weighted by atomic mass is 10.2. The standard InChI is InChI=1S/C14H15ClN2O/c1-9(2)17-10(3)12(8-18)13(15)14(17)11-4-6-16-7-5-11/h4-9H,1-3H3. The molecule has 0 bridgehead atoms. The van der Waals surface area contributed by atoms with Crippen LogP contribution < -0.4 is 0 Å². The van der Waals surface area contributed by atoms with Gasteiger partial charge >= 0.3 is 0 Å². The van der Waals surface area contributed by atoms with Crippen LogP contribution in [0.5, 0.6) is 0 Å². The molecule has 0 saturated carbocycles. The molecule has 0 atom stereocenters. The van der Waals surface area contributed by atoms with Crippen molar-refractivity contribution < 1.29 is 4.79 Å². The third kappa shape index (κ3) is 1.95. The number of carbonyl (C=O) groups excluding carboxylic acids is 1. The van der Waals surface area contributed by atoms with Crippen LogP contribution in [0, 0.1) is 6.92 Å². The number of aldehydes is 1. The van der Waals surface area contributed by atoms with E-state index in [0.717, 1.165) is 23.2 Å². The number of nitrogens with zero attached hydrogens (tertiary/aromatic N) is 2. The van der Waals surface area contributed by atoms with Crippen molar-refractivity contribution in [3.8, 4) is 11.3 Å². The van der Waals surface area contributed by atoms with Gasteiger partial charge in [-0.15, -0.1) is 0 Å². The summed E-state index contributed by atoms with van der Waals surface area (Å²) in [5.41, 5.74) is 3.32. The number of hydrogen-bond acceptors (Lipinski definition) is 2. The molecule has 0 unspecified atom stereocenters. The quantitative estimate of drug-likeness (QED) is 0.786. The molecular formula is C14H15ClN2O. The summed E-state index contributed by atoms with van der Waals surface area (Å²) in [4.78, 5) is 15.2. The molecule has 2 aromatic rings. The molecule has 2 aromatic heterocycles. The first-order valence-electron chi connectivity index (χ1n) is 5.83. The Kier molecular flexibility index (Phi) is 3.53. The van der Waals surface area contributed by atoms with Crippen molar-refractivity contribution in [3.05, 3.63) is 40.8 Å². The van der Waals surface area contributed by atoms with Gasteiger partial charge in [0, 0.05) is 29.7 Å². The second-order valence-corrected chi connectivity index (χ2v) is 4.86. The summed E-state index contributed by atoms with van der Waals surface area (Å²) < 4.78 is 2.08. The van der Waals surface area contributed by atoms with Gasteiger partial charge in [-0.05, 0) is 32.9 Å². The third-order valence-electron chi connectivity index (χ3n) is 3.02. The lowest BCUT2D eigenvalue weighted by Crippen LogP contribution is -2.05. The van der Waals surface area contributed by atoms with Crippen LogP contribution in [0.3, 0.4) is 0 Å². The van der Waals surface area contributed by atoms with Gasteiger partial charge in [0.15, 0.2) is 6.29 Å². The topological polar surface area (TPSA) is 34.9 Å². The number of aromatic nitrogens is 2. The molecule has 0 aliphatic heterocycles. The fraction of sp³-hybridized carbons (Fsp3) is 0.286. The second-order valence-electron chi connectivity index (χ2n) is 4.48. The highest BCUT2D eigenvalue weighted by Crippen LogP contribution is 2.36. The SMILES string of the molecule is Cc1c(C=O)c(Cl)c(-c2ccncc2)n1C(C)C. The van der Waals surface area contributed by atoms with Crippen LogP contribution in [0.1, 0.15) is 35.9 Å². The van der Waals surface area contributed by atoms with E-state index in [0.29, 0.717) is 10.6 Å². The lowest BCUT2D eigenvalue weighted by Gasteiger charge is -2.15. The van der Waals surface area contributed by atoms with E-state index in [1.807, 2.05) is 19.1 Å². The normalized spacial score (nSPS) is 10.9. The minimum absolute atomic E-state index is 0.236. The minimum Gasteiger partial charge on any atom is -0.340 e. The summed E-state index contributed by atoms with van der Waals surface area (Å²) in [7, 11) is 0. The van der Waals surface area contributed by atoms with Gasteiger partial charge in [0.05, 0.1) is 16.3 Å². The molecule has 4 heteroatoms. The Morgan fingerprint density at radius 3 is 2.44 bits per heavy atom. The van der Waals surface area contributed by atoms with Crippen molar-refractivity contribution in [3.63, 3.8) is 0 Å². The van der Waals surface area contributed by atoms with Gasteiger partial charge in [-0.3, -0.25) is 9.78 Å². The zero-order chi connectivity index (χ0) is 13.3. The monoisotopic (exact) mass is 262 g/mol. The summed E-state index contributed by atoms with van der Waals surface area (Å²) in [5.74, 6) is 0. The molecule has 0 radical (unpaired) electrons. The molecule has 0 aliphatic rings. The van der Waals surface area contributed by atoms with Crippen molar-refractivity contribution in [2.24, 2.45) is 0 Å². The van der Waals surface area contributed by atoms with E-state index >= 15 is 0 Å². The van der Waals surface area contributed by atoms with Gasteiger partial charge in [-0.25, -0.2) is 0 Å². The molecule has 18 heavy (non-hydrogen) atoms. The minimum atomic E-state index is 0.236. The van der Waals surface area contributed by atoms with Crippen molar-refractivity contribution >= 4 is 17.9 Å². The first-order chi connectivity index (χ1) is 8.57. The molecule has 2 rings (SSSR count). The number of halogens is 1. The van der Waals surface area contributed by atoms with Crippen LogP contribution in [-0.2, 0) is 0 Å². The van der Waals surface area contributed by atoms with Gasteiger partial charge in [0.2, 0.25) is 0 Å². The van der Waals surface area contributed by atoms with Crippen LogP contribution in [-0.4, -0.2) is 15.8 Å². The van der Waals surface area contributed by atoms with Crippen molar-refractivity contribution in [2.75, 3.05) is 0 Å². The molecule has 3 nitrogen and oxygen atoms in total. The predicted molar refractivity (Wildman–Crippen MR) is 73.2 cm³/mol. The highest BCUT2D eigenvalue weighted by molar-refractivity contribution is 6.35. The number of rotatable bonds is 3. The van der Waals surface area contributed by atoms with Crippen molar-refractivity contribution in [2.45, 2.75) is 26.8 Å². The van der Waals surface area contributed by atoms with E-state index in [-0.39, 0.29) is 6.04 Å². The van der Waals surface area contributed by atoms with E-state index < -0.39 is 0 Å². The van der Waals surface area contributed by atoms with Crippen LogP contribution in [0.25, 0.3) is 11.3 Å². The number of carbonyl (C=O) groups is 1. The van der Waals surface area contributed by atoms with Crippen LogP contribution >= 0.6 is 11.6 Å². The largest absolute Gasteiger partial charge is 0.340 e. The molecule has 0 N–H and O–H groups in total. The Hall–Kier alpha value is -1.61. The highest BCUT2D eigenvalue weighted by Gasteiger charge is 2.21. The fourth-order valence-corrected chi connectivity index (χ4v) is 2.63. The number of pyridine rings is 1. The summed E-state index contributed by atoms with van der Waals surface area (Å²) in [6.07, 6.45) is 4.26. The summed E-state index contributed by atoms with van der Waals surface area (Å²) in [6, 6.07) is 4.03. The maximum Gasteiger partial charge on any atom is 0.153 e. The predicted octanol–water partition coefficient (Wildman–Crippen LogP) is 3.91. The van der Waals surface area contributed by atoms with Gasteiger partial charge in [0.25, 0.3) is 0 Å². The van der Waals surface area contributed by atoms with Crippen LogP contribution in [0.4, 0.5) is 0 Å². The maximum atomic E-state index is 11.2.